The molecule has 6 heteroatoms. The van der Waals surface area contributed by atoms with Crippen LogP contribution in [0.2, 0.25) is 0 Å². The highest BCUT2D eigenvalue weighted by molar-refractivity contribution is 5.87. The van der Waals surface area contributed by atoms with Crippen molar-refractivity contribution in [3.8, 4) is 0 Å². The zero-order valence-electron chi connectivity index (χ0n) is 14.4. The highest BCUT2D eigenvalue weighted by Crippen LogP contribution is 2.21. The van der Waals surface area contributed by atoms with Gasteiger partial charge in [-0.1, -0.05) is 24.3 Å². The average Bonchev–Trinajstić information content (AvgIpc) is 2.96. The summed E-state index contributed by atoms with van der Waals surface area (Å²) in [6, 6.07) is 6.72. The number of aliphatic hydroxyl groups is 1. The Hall–Kier alpha value is -2.18. The third-order valence-electron chi connectivity index (χ3n) is 4.39. The number of carbonyl (C=O) groups is 2. The van der Waals surface area contributed by atoms with Crippen molar-refractivity contribution >= 4 is 11.9 Å². The molecule has 1 amide bonds. The molecule has 2 atom stereocenters. The van der Waals surface area contributed by atoms with Crippen LogP contribution in [0.1, 0.15) is 35.2 Å². The first-order chi connectivity index (χ1) is 12.0. The number of carboxylic acids is 1. The SMILES string of the molecule is COCC[C@H](O)C=C[C@H]1CCC(=O)N1CCc1ccc(C(=O)O)cc1. The lowest BCUT2D eigenvalue weighted by atomic mass is 10.1. The Labute approximate surface area is 147 Å². The highest BCUT2D eigenvalue weighted by Gasteiger charge is 2.28. The molecule has 6 nitrogen and oxygen atoms in total. The monoisotopic (exact) mass is 347 g/mol. The maximum absolute atomic E-state index is 12.1. The maximum atomic E-state index is 12.1. The first kappa shape index (κ1) is 19.1. The fourth-order valence-electron chi connectivity index (χ4n) is 2.90. The molecule has 0 aliphatic carbocycles. The van der Waals surface area contributed by atoms with E-state index in [1.54, 1.807) is 37.5 Å². The van der Waals surface area contributed by atoms with Gasteiger partial charge in [0.15, 0.2) is 0 Å². The number of aliphatic hydroxyl groups excluding tert-OH is 1. The Balaban J connectivity index is 1.90. The van der Waals surface area contributed by atoms with Gasteiger partial charge in [0.2, 0.25) is 5.91 Å². The summed E-state index contributed by atoms with van der Waals surface area (Å²) >= 11 is 0. The Bertz CT molecular complexity index is 611. The van der Waals surface area contributed by atoms with Crippen LogP contribution in [0.15, 0.2) is 36.4 Å². The number of methoxy groups -OCH3 is 1. The van der Waals surface area contributed by atoms with Crippen LogP contribution >= 0.6 is 0 Å². The third kappa shape index (κ3) is 5.69. The molecule has 0 spiro atoms. The van der Waals surface area contributed by atoms with Gasteiger partial charge in [0.1, 0.15) is 0 Å². The van der Waals surface area contributed by atoms with Gasteiger partial charge in [0.25, 0.3) is 0 Å². The van der Waals surface area contributed by atoms with Gasteiger partial charge >= 0.3 is 5.97 Å². The topological polar surface area (TPSA) is 87.1 Å². The zero-order valence-corrected chi connectivity index (χ0v) is 14.4. The number of rotatable bonds is 9. The van der Waals surface area contributed by atoms with Gasteiger partial charge in [-0.2, -0.15) is 0 Å². The van der Waals surface area contributed by atoms with Crippen molar-refractivity contribution in [1.82, 2.24) is 4.90 Å². The second-order valence-electron chi connectivity index (χ2n) is 6.18. The second-order valence-corrected chi connectivity index (χ2v) is 6.18. The smallest absolute Gasteiger partial charge is 0.335 e. The summed E-state index contributed by atoms with van der Waals surface area (Å²) in [4.78, 5) is 24.8. The van der Waals surface area contributed by atoms with E-state index in [9.17, 15) is 14.7 Å². The van der Waals surface area contributed by atoms with Crippen molar-refractivity contribution in [2.24, 2.45) is 0 Å². The molecule has 1 aliphatic rings. The van der Waals surface area contributed by atoms with E-state index in [-0.39, 0.29) is 17.5 Å². The first-order valence-electron chi connectivity index (χ1n) is 8.48. The Morgan fingerprint density at radius 1 is 1.40 bits per heavy atom. The summed E-state index contributed by atoms with van der Waals surface area (Å²) in [6.07, 6.45) is 5.54. The van der Waals surface area contributed by atoms with Gasteiger partial charge in [-0.15, -0.1) is 0 Å². The second kappa shape index (κ2) is 9.34. The lowest BCUT2D eigenvalue weighted by Crippen LogP contribution is -2.33. The largest absolute Gasteiger partial charge is 0.478 e. The number of likely N-dealkylation sites (tertiary alicyclic amines) is 1. The number of ether oxygens (including phenoxy) is 1. The summed E-state index contributed by atoms with van der Waals surface area (Å²) in [7, 11) is 1.59. The molecule has 1 saturated heterocycles. The fraction of sp³-hybridized carbons (Fsp3) is 0.474. The molecule has 2 rings (SSSR count). The van der Waals surface area contributed by atoms with Gasteiger partial charge in [-0.3, -0.25) is 4.79 Å². The van der Waals surface area contributed by atoms with Crippen molar-refractivity contribution in [3.05, 3.63) is 47.5 Å². The average molecular weight is 347 g/mol. The predicted molar refractivity (Wildman–Crippen MR) is 93.5 cm³/mol. The molecule has 2 N–H and O–H groups in total. The fourth-order valence-corrected chi connectivity index (χ4v) is 2.90. The van der Waals surface area contributed by atoms with E-state index >= 15 is 0 Å². The van der Waals surface area contributed by atoms with Crippen LogP contribution in [0.4, 0.5) is 0 Å². The lowest BCUT2D eigenvalue weighted by Gasteiger charge is -2.22. The number of carboxylic acid groups (broad SMARTS) is 1. The maximum Gasteiger partial charge on any atom is 0.335 e. The number of hydrogen-bond donors (Lipinski definition) is 2. The Morgan fingerprint density at radius 3 is 2.76 bits per heavy atom. The molecule has 0 saturated carbocycles. The van der Waals surface area contributed by atoms with Crippen LogP contribution in [0.3, 0.4) is 0 Å². The van der Waals surface area contributed by atoms with E-state index in [1.807, 2.05) is 11.0 Å². The molecule has 0 aromatic heterocycles. The van der Waals surface area contributed by atoms with Crippen LogP contribution in [-0.2, 0) is 16.0 Å². The third-order valence-corrected chi connectivity index (χ3v) is 4.39. The number of hydrogen-bond acceptors (Lipinski definition) is 4. The summed E-state index contributed by atoms with van der Waals surface area (Å²) in [5.74, 6) is -0.832. The Morgan fingerprint density at radius 2 is 2.12 bits per heavy atom. The van der Waals surface area contributed by atoms with Gasteiger partial charge in [-0.05, 0) is 30.5 Å². The number of amides is 1. The molecule has 0 unspecified atom stereocenters. The molecular formula is C19H25NO5. The van der Waals surface area contributed by atoms with E-state index in [0.717, 1.165) is 12.0 Å². The highest BCUT2D eigenvalue weighted by atomic mass is 16.5. The van der Waals surface area contributed by atoms with Crippen molar-refractivity contribution in [2.45, 2.75) is 37.8 Å². The minimum Gasteiger partial charge on any atom is -0.478 e. The van der Waals surface area contributed by atoms with Crippen LogP contribution in [0.5, 0.6) is 0 Å². The molecule has 1 aromatic carbocycles. The number of benzene rings is 1. The number of aromatic carboxylic acids is 1. The zero-order chi connectivity index (χ0) is 18.2. The minimum atomic E-state index is -0.946. The molecule has 136 valence electrons. The standard InChI is InChI=1S/C19H25NO5/c1-25-13-11-17(21)8-6-16-7-9-18(22)20(16)12-10-14-2-4-15(5-3-14)19(23)24/h2-6,8,16-17,21H,7,9-13H2,1H3,(H,23,24)/t16-,17+/m0/s1. The quantitative estimate of drug-likeness (QED) is 0.666. The summed E-state index contributed by atoms with van der Waals surface area (Å²) in [6.45, 7) is 1.07. The number of nitrogens with zero attached hydrogens (tertiary/aromatic N) is 1. The van der Waals surface area contributed by atoms with E-state index in [2.05, 4.69) is 0 Å². The molecule has 1 aliphatic heterocycles. The Kier molecular flexibility index (Phi) is 7.16. The van der Waals surface area contributed by atoms with E-state index in [0.29, 0.717) is 32.4 Å². The van der Waals surface area contributed by atoms with Crippen molar-refractivity contribution < 1.29 is 24.5 Å². The normalized spacial score (nSPS) is 18.9. The molecule has 1 heterocycles. The van der Waals surface area contributed by atoms with Crippen LogP contribution in [0, 0.1) is 0 Å². The number of carbonyl (C=O) groups excluding carboxylic acids is 1. The van der Waals surface area contributed by atoms with Crippen LogP contribution in [0.25, 0.3) is 0 Å². The van der Waals surface area contributed by atoms with Gasteiger partial charge < -0.3 is 19.8 Å². The lowest BCUT2D eigenvalue weighted by molar-refractivity contribution is -0.128. The summed E-state index contributed by atoms with van der Waals surface area (Å²) in [5.41, 5.74) is 1.25. The first-order valence-corrected chi connectivity index (χ1v) is 8.48. The van der Waals surface area contributed by atoms with Crippen LogP contribution < -0.4 is 0 Å². The van der Waals surface area contributed by atoms with Gasteiger partial charge in [0, 0.05) is 33.1 Å². The van der Waals surface area contributed by atoms with E-state index < -0.39 is 12.1 Å². The van der Waals surface area contributed by atoms with Crippen molar-refractivity contribution in [3.63, 3.8) is 0 Å². The van der Waals surface area contributed by atoms with Gasteiger partial charge in [0.05, 0.1) is 17.7 Å². The molecule has 1 aromatic rings. The molecule has 0 bridgehead atoms. The van der Waals surface area contributed by atoms with Crippen LogP contribution in [-0.4, -0.2) is 59.4 Å². The van der Waals surface area contributed by atoms with E-state index in [4.69, 9.17) is 9.84 Å². The van der Waals surface area contributed by atoms with Crippen molar-refractivity contribution in [2.75, 3.05) is 20.3 Å². The summed E-state index contributed by atoms with van der Waals surface area (Å²) in [5, 5.41) is 18.8. The molecule has 0 radical (unpaired) electrons. The van der Waals surface area contributed by atoms with E-state index in [1.165, 1.54) is 0 Å². The molecule has 25 heavy (non-hydrogen) atoms. The molecule has 1 fully saturated rings. The van der Waals surface area contributed by atoms with Gasteiger partial charge in [-0.25, -0.2) is 4.79 Å². The van der Waals surface area contributed by atoms with Crippen molar-refractivity contribution in [1.29, 1.82) is 0 Å². The minimum absolute atomic E-state index is 0.00277. The predicted octanol–water partition coefficient (Wildman–Crippen LogP) is 1.87. The summed E-state index contributed by atoms with van der Waals surface area (Å²) < 4.78 is 4.94. The molecular weight excluding hydrogens is 322 g/mol.